The highest BCUT2D eigenvalue weighted by atomic mass is 15.1. The van der Waals surface area contributed by atoms with Gasteiger partial charge in [-0.3, -0.25) is 0 Å². The second-order valence-corrected chi connectivity index (χ2v) is 7.09. The Balaban J connectivity index is 2.45. The monoisotopic (exact) mass is 283 g/mol. The van der Waals surface area contributed by atoms with E-state index in [2.05, 4.69) is 43.2 Å². The lowest BCUT2D eigenvalue weighted by molar-refractivity contribution is 0.143. The van der Waals surface area contributed by atoms with E-state index < -0.39 is 0 Å². The van der Waals surface area contributed by atoms with Gasteiger partial charge in [-0.25, -0.2) is 0 Å². The normalized spacial score (nSPS) is 19.5. The molecule has 0 heterocycles. The summed E-state index contributed by atoms with van der Waals surface area (Å²) in [6.07, 6.45) is 9.85. The highest BCUT2D eigenvalue weighted by Gasteiger charge is 2.31. The van der Waals surface area contributed by atoms with Crippen molar-refractivity contribution in [3.63, 3.8) is 0 Å². The molecular weight excluding hydrogens is 246 g/mol. The summed E-state index contributed by atoms with van der Waals surface area (Å²) in [5, 5.41) is 3.63. The lowest BCUT2D eigenvalue weighted by atomic mass is 9.79. The van der Waals surface area contributed by atoms with Crippen molar-refractivity contribution in [3.8, 4) is 0 Å². The van der Waals surface area contributed by atoms with Gasteiger partial charge in [0.25, 0.3) is 0 Å². The minimum atomic E-state index is 0.527. The van der Waals surface area contributed by atoms with Crippen molar-refractivity contribution in [1.29, 1.82) is 0 Å². The fourth-order valence-corrected chi connectivity index (χ4v) is 3.57. The van der Waals surface area contributed by atoms with Crippen molar-refractivity contribution < 1.29 is 0 Å². The number of rotatable bonds is 9. The van der Waals surface area contributed by atoms with E-state index in [4.69, 9.17) is 0 Å². The van der Waals surface area contributed by atoms with E-state index in [1.54, 1.807) is 0 Å². The zero-order valence-corrected chi connectivity index (χ0v) is 14.4. The molecule has 1 rings (SSSR count). The third kappa shape index (κ3) is 7.05. The van der Waals surface area contributed by atoms with Crippen LogP contribution < -0.4 is 5.32 Å². The van der Waals surface area contributed by atoms with Crippen LogP contribution in [0, 0.1) is 5.41 Å². The van der Waals surface area contributed by atoms with Gasteiger partial charge >= 0.3 is 0 Å². The van der Waals surface area contributed by atoms with Crippen LogP contribution in [-0.4, -0.2) is 63.7 Å². The lowest BCUT2D eigenvalue weighted by Gasteiger charge is -2.37. The number of hydrogen-bond acceptors (Lipinski definition) is 3. The van der Waals surface area contributed by atoms with Crippen LogP contribution >= 0.6 is 0 Å². The van der Waals surface area contributed by atoms with E-state index >= 15 is 0 Å². The van der Waals surface area contributed by atoms with Crippen LogP contribution in [0.3, 0.4) is 0 Å². The van der Waals surface area contributed by atoms with Crippen LogP contribution in [0.1, 0.15) is 51.9 Å². The number of nitrogens with one attached hydrogen (secondary N) is 1. The first-order valence-electron chi connectivity index (χ1n) is 8.62. The van der Waals surface area contributed by atoms with Crippen molar-refractivity contribution in [2.75, 3.05) is 53.9 Å². The fraction of sp³-hybridized carbons (Fsp3) is 1.00. The van der Waals surface area contributed by atoms with E-state index in [1.165, 1.54) is 71.1 Å². The predicted molar refractivity (Wildman–Crippen MR) is 89.3 cm³/mol. The Labute approximate surface area is 127 Å². The second-order valence-electron chi connectivity index (χ2n) is 7.09. The molecule has 20 heavy (non-hydrogen) atoms. The average Bonchev–Trinajstić information content (AvgIpc) is 2.62. The SMILES string of the molecule is CCNCC1(CN(C)CCCN(C)C)CCCCCC1. The Kier molecular flexibility index (Phi) is 8.74. The summed E-state index contributed by atoms with van der Waals surface area (Å²) in [6, 6.07) is 0. The molecule has 0 unspecified atom stereocenters. The maximum Gasteiger partial charge on any atom is 0.00471 e. The quantitative estimate of drug-likeness (QED) is 0.657. The Morgan fingerprint density at radius 2 is 1.60 bits per heavy atom. The van der Waals surface area contributed by atoms with Crippen molar-refractivity contribution >= 4 is 0 Å². The minimum Gasteiger partial charge on any atom is -0.316 e. The summed E-state index contributed by atoms with van der Waals surface area (Å²) < 4.78 is 0. The Morgan fingerprint density at radius 3 is 2.15 bits per heavy atom. The molecule has 1 N–H and O–H groups in total. The molecule has 0 aliphatic heterocycles. The van der Waals surface area contributed by atoms with Gasteiger partial charge in [-0.05, 0) is 65.5 Å². The summed E-state index contributed by atoms with van der Waals surface area (Å²) in [6.45, 7) is 8.24. The molecule has 0 saturated heterocycles. The molecule has 3 nitrogen and oxygen atoms in total. The number of hydrogen-bond donors (Lipinski definition) is 1. The topological polar surface area (TPSA) is 18.5 Å². The molecule has 0 aromatic carbocycles. The van der Waals surface area contributed by atoms with E-state index in [-0.39, 0.29) is 0 Å². The summed E-state index contributed by atoms with van der Waals surface area (Å²) in [7, 11) is 6.64. The minimum absolute atomic E-state index is 0.527. The molecule has 3 heteroatoms. The van der Waals surface area contributed by atoms with Gasteiger partial charge in [-0.2, -0.15) is 0 Å². The van der Waals surface area contributed by atoms with Crippen LogP contribution in [-0.2, 0) is 0 Å². The molecule has 0 amide bonds. The predicted octanol–water partition coefficient (Wildman–Crippen LogP) is 2.82. The zero-order chi connectivity index (χ0) is 14.8. The highest BCUT2D eigenvalue weighted by Crippen LogP contribution is 2.35. The molecule has 1 aliphatic rings. The van der Waals surface area contributed by atoms with Gasteiger partial charge < -0.3 is 15.1 Å². The molecule has 1 aliphatic carbocycles. The largest absolute Gasteiger partial charge is 0.316 e. The second kappa shape index (κ2) is 9.75. The standard InChI is InChI=1S/C17H37N3/c1-5-18-15-17(11-8-6-7-9-12-17)16-20(4)14-10-13-19(2)3/h18H,5-16H2,1-4H3. The van der Waals surface area contributed by atoms with Gasteiger partial charge in [0.1, 0.15) is 0 Å². The smallest absolute Gasteiger partial charge is 0.00471 e. The third-order valence-electron chi connectivity index (χ3n) is 4.66. The molecule has 1 saturated carbocycles. The Bertz CT molecular complexity index is 232. The number of nitrogens with zero attached hydrogens (tertiary/aromatic N) is 2. The molecule has 0 bridgehead atoms. The van der Waals surface area contributed by atoms with Crippen LogP contribution in [0.15, 0.2) is 0 Å². The summed E-state index contributed by atoms with van der Waals surface area (Å²) >= 11 is 0. The van der Waals surface area contributed by atoms with Crippen LogP contribution in [0.2, 0.25) is 0 Å². The van der Waals surface area contributed by atoms with Crippen LogP contribution in [0.25, 0.3) is 0 Å². The van der Waals surface area contributed by atoms with E-state index in [0.29, 0.717) is 5.41 Å². The van der Waals surface area contributed by atoms with Crippen LogP contribution in [0.4, 0.5) is 0 Å². The molecular formula is C17H37N3. The van der Waals surface area contributed by atoms with Crippen molar-refractivity contribution in [1.82, 2.24) is 15.1 Å². The maximum atomic E-state index is 3.63. The Morgan fingerprint density at radius 1 is 0.950 bits per heavy atom. The molecule has 0 aromatic rings. The maximum absolute atomic E-state index is 3.63. The Hall–Kier alpha value is -0.120. The zero-order valence-electron chi connectivity index (χ0n) is 14.4. The first kappa shape index (κ1) is 17.9. The first-order chi connectivity index (χ1) is 9.58. The van der Waals surface area contributed by atoms with Gasteiger partial charge in [0.2, 0.25) is 0 Å². The third-order valence-corrected chi connectivity index (χ3v) is 4.66. The van der Waals surface area contributed by atoms with Crippen molar-refractivity contribution in [2.24, 2.45) is 5.41 Å². The van der Waals surface area contributed by atoms with Gasteiger partial charge in [-0.1, -0.05) is 32.6 Å². The van der Waals surface area contributed by atoms with E-state index in [9.17, 15) is 0 Å². The molecule has 0 aromatic heterocycles. The van der Waals surface area contributed by atoms with Crippen molar-refractivity contribution in [3.05, 3.63) is 0 Å². The molecule has 1 fully saturated rings. The summed E-state index contributed by atoms with van der Waals surface area (Å²) in [5.41, 5.74) is 0.527. The molecule has 120 valence electrons. The van der Waals surface area contributed by atoms with E-state index in [0.717, 1.165) is 6.54 Å². The summed E-state index contributed by atoms with van der Waals surface area (Å²) in [5.74, 6) is 0. The highest BCUT2D eigenvalue weighted by molar-refractivity contribution is 4.86. The fourth-order valence-electron chi connectivity index (χ4n) is 3.57. The van der Waals surface area contributed by atoms with Crippen molar-refractivity contribution in [2.45, 2.75) is 51.9 Å². The van der Waals surface area contributed by atoms with Gasteiger partial charge in [0, 0.05) is 13.1 Å². The molecule has 0 atom stereocenters. The summed E-state index contributed by atoms with van der Waals surface area (Å²) in [4.78, 5) is 4.86. The van der Waals surface area contributed by atoms with Gasteiger partial charge in [-0.15, -0.1) is 0 Å². The average molecular weight is 284 g/mol. The van der Waals surface area contributed by atoms with E-state index in [1.807, 2.05) is 0 Å². The molecule has 0 radical (unpaired) electrons. The molecule has 0 spiro atoms. The first-order valence-corrected chi connectivity index (χ1v) is 8.62. The van der Waals surface area contributed by atoms with Gasteiger partial charge in [0.15, 0.2) is 0 Å². The lowest BCUT2D eigenvalue weighted by Crippen LogP contribution is -2.43. The van der Waals surface area contributed by atoms with Crippen LogP contribution in [0.5, 0.6) is 0 Å². The van der Waals surface area contributed by atoms with Gasteiger partial charge in [0.05, 0.1) is 0 Å².